The molecule has 1 unspecified atom stereocenters. The molecule has 3 aromatic rings. The van der Waals surface area contributed by atoms with Gasteiger partial charge in [-0.05, 0) is 37.6 Å². The molecule has 9 heteroatoms. The zero-order valence-corrected chi connectivity index (χ0v) is 17.5. The normalized spacial score (nSPS) is 12.5. The Labute approximate surface area is 172 Å². The van der Waals surface area contributed by atoms with Gasteiger partial charge in [-0.2, -0.15) is 4.72 Å². The summed E-state index contributed by atoms with van der Waals surface area (Å²) >= 11 is 1.26. The van der Waals surface area contributed by atoms with Gasteiger partial charge >= 0.3 is 0 Å². The molecule has 29 heavy (non-hydrogen) atoms. The second kappa shape index (κ2) is 8.81. The third kappa shape index (κ3) is 5.26. The average Bonchev–Trinajstić information content (AvgIpc) is 3.15. The SMILES string of the molecule is CCC(NS(=O)(=O)c1ccc(F)cc1)C(=O)Nc1nc(-c2ccc(C)cc2)cs1. The number of nitrogens with one attached hydrogen (secondary N) is 2. The number of aromatic nitrogens is 1. The number of sulfonamides is 1. The fourth-order valence-corrected chi connectivity index (χ4v) is 4.57. The molecule has 2 aromatic carbocycles. The second-order valence-corrected chi connectivity index (χ2v) is 9.00. The molecule has 1 atom stereocenters. The number of anilines is 1. The van der Waals surface area contributed by atoms with Crippen molar-refractivity contribution in [3.05, 3.63) is 65.3 Å². The number of carbonyl (C=O) groups excluding carboxylic acids is 1. The number of hydrogen-bond acceptors (Lipinski definition) is 5. The Balaban J connectivity index is 1.70. The number of hydrogen-bond donors (Lipinski definition) is 2. The van der Waals surface area contributed by atoms with Gasteiger partial charge < -0.3 is 5.32 Å². The Hall–Kier alpha value is -2.62. The quantitative estimate of drug-likeness (QED) is 0.590. The topological polar surface area (TPSA) is 88.2 Å². The van der Waals surface area contributed by atoms with Crippen LogP contribution in [0.25, 0.3) is 11.3 Å². The first-order valence-electron chi connectivity index (χ1n) is 8.90. The fourth-order valence-electron chi connectivity index (χ4n) is 2.57. The molecule has 0 saturated heterocycles. The third-order valence-electron chi connectivity index (χ3n) is 4.23. The Kier molecular flexibility index (Phi) is 6.41. The van der Waals surface area contributed by atoms with E-state index in [1.165, 1.54) is 11.3 Å². The second-order valence-electron chi connectivity index (χ2n) is 6.43. The zero-order chi connectivity index (χ0) is 21.0. The summed E-state index contributed by atoms with van der Waals surface area (Å²) in [5.41, 5.74) is 2.79. The van der Waals surface area contributed by atoms with Gasteiger partial charge in [-0.25, -0.2) is 17.8 Å². The van der Waals surface area contributed by atoms with Crippen molar-refractivity contribution in [1.29, 1.82) is 0 Å². The summed E-state index contributed by atoms with van der Waals surface area (Å²) in [7, 11) is -3.96. The van der Waals surface area contributed by atoms with Crippen LogP contribution in [0.1, 0.15) is 18.9 Å². The predicted molar refractivity (Wildman–Crippen MR) is 112 cm³/mol. The van der Waals surface area contributed by atoms with Crippen LogP contribution >= 0.6 is 11.3 Å². The standard InChI is InChI=1S/C20H20FN3O3S2/c1-3-17(24-29(26,27)16-10-8-15(21)9-11-16)19(25)23-20-22-18(12-28-20)14-6-4-13(2)5-7-14/h4-12,17,24H,3H2,1-2H3,(H,22,23,25). The summed E-state index contributed by atoms with van der Waals surface area (Å²) < 4.78 is 40.3. The molecule has 1 amide bonds. The third-order valence-corrected chi connectivity index (χ3v) is 6.47. The minimum Gasteiger partial charge on any atom is -0.301 e. The minimum absolute atomic E-state index is 0.110. The molecule has 2 N–H and O–H groups in total. The number of aryl methyl sites for hydroxylation is 1. The molecule has 1 heterocycles. The monoisotopic (exact) mass is 433 g/mol. The Morgan fingerprint density at radius 3 is 2.41 bits per heavy atom. The summed E-state index contributed by atoms with van der Waals surface area (Å²) in [6.45, 7) is 3.69. The molecule has 0 spiro atoms. The molecule has 1 aromatic heterocycles. The first kappa shape index (κ1) is 21.1. The van der Waals surface area contributed by atoms with Crippen LogP contribution in [0.15, 0.2) is 58.8 Å². The molecule has 0 aliphatic carbocycles. The molecule has 152 valence electrons. The van der Waals surface area contributed by atoms with Crippen molar-refractivity contribution in [3.8, 4) is 11.3 Å². The molecule has 0 saturated carbocycles. The van der Waals surface area contributed by atoms with Gasteiger partial charge in [-0.3, -0.25) is 4.79 Å². The van der Waals surface area contributed by atoms with E-state index in [0.29, 0.717) is 5.13 Å². The summed E-state index contributed by atoms with van der Waals surface area (Å²) in [5.74, 6) is -1.05. The summed E-state index contributed by atoms with van der Waals surface area (Å²) in [5, 5.41) is 4.86. The van der Waals surface area contributed by atoms with Crippen molar-refractivity contribution in [3.63, 3.8) is 0 Å². The van der Waals surface area contributed by atoms with E-state index < -0.39 is 27.8 Å². The van der Waals surface area contributed by atoms with E-state index in [-0.39, 0.29) is 11.3 Å². The van der Waals surface area contributed by atoms with E-state index in [0.717, 1.165) is 41.1 Å². The summed E-state index contributed by atoms with van der Waals surface area (Å²) in [6, 6.07) is 11.3. The molecular weight excluding hydrogens is 413 g/mol. The smallest absolute Gasteiger partial charge is 0.244 e. The van der Waals surface area contributed by atoms with E-state index in [1.807, 2.05) is 36.6 Å². The Bertz CT molecular complexity index is 1090. The average molecular weight is 434 g/mol. The lowest BCUT2D eigenvalue weighted by Gasteiger charge is -2.16. The molecule has 0 radical (unpaired) electrons. The Morgan fingerprint density at radius 2 is 1.79 bits per heavy atom. The fraction of sp³-hybridized carbons (Fsp3) is 0.200. The predicted octanol–water partition coefficient (Wildman–Crippen LogP) is 3.95. The lowest BCUT2D eigenvalue weighted by molar-refractivity contribution is -0.117. The van der Waals surface area contributed by atoms with Crippen molar-refractivity contribution in [2.75, 3.05) is 5.32 Å². The molecule has 0 aliphatic heterocycles. The first-order valence-corrected chi connectivity index (χ1v) is 11.3. The number of nitrogens with zero attached hydrogens (tertiary/aromatic N) is 1. The van der Waals surface area contributed by atoms with Crippen LogP contribution in [0.3, 0.4) is 0 Å². The molecule has 6 nitrogen and oxygen atoms in total. The highest BCUT2D eigenvalue weighted by molar-refractivity contribution is 7.89. The van der Waals surface area contributed by atoms with Crippen LogP contribution in [-0.4, -0.2) is 25.4 Å². The lowest BCUT2D eigenvalue weighted by Crippen LogP contribution is -2.43. The maximum Gasteiger partial charge on any atom is 0.244 e. The van der Waals surface area contributed by atoms with Crippen molar-refractivity contribution in [2.45, 2.75) is 31.2 Å². The van der Waals surface area contributed by atoms with Crippen LogP contribution < -0.4 is 10.0 Å². The van der Waals surface area contributed by atoms with Crippen LogP contribution in [0.4, 0.5) is 9.52 Å². The van der Waals surface area contributed by atoms with E-state index in [9.17, 15) is 17.6 Å². The van der Waals surface area contributed by atoms with Gasteiger partial charge in [0.25, 0.3) is 0 Å². The lowest BCUT2D eigenvalue weighted by atomic mass is 10.1. The van der Waals surface area contributed by atoms with Crippen molar-refractivity contribution in [1.82, 2.24) is 9.71 Å². The highest BCUT2D eigenvalue weighted by atomic mass is 32.2. The van der Waals surface area contributed by atoms with Crippen LogP contribution in [0.2, 0.25) is 0 Å². The van der Waals surface area contributed by atoms with Gasteiger partial charge in [0.15, 0.2) is 5.13 Å². The molecule has 0 bridgehead atoms. The number of rotatable bonds is 7. The minimum atomic E-state index is -3.96. The van der Waals surface area contributed by atoms with Crippen LogP contribution in [-0.2, 0) is 14.8 Å². The van der Waals surface area contributed by atoms with Crippen molar-refractivity contribution >= 4 is 32.4 Å². The molecular formula is C20H20FN3O3S2. The number of amides is 1. The molecule has 0 aliphatic rings. The summed E-state index contributed by atoms with van der Waals surface area (Å²) in [6.07, 6.45) is 0.239. The van der Waals surface area contributed by atoms with E-state index in [4.69, 9.17) is 0 Å². The zero-order valence-electron chi connectivity index (χ0n) is 15.8. The maximum atomic E-state index is 13.0. The Morgan fingerprint density at radius 1 is 1.14 bits per heavy atom. The number of benzene rings is 2. The van der Waals surface area contributed by atoms with Crippen LogP contribution in [0, 0.1) is 12.7 Å². The molecule has 0 fully saturated rings. The number of thiazole rings is 1. The van der Waals surface area contributed by atoms with E-state index in [1.54, 1.807) is 6.92 Å². The van der Waals surface area contributed by atoms with Crippen LogP contribution in [0.5, 0.6) is 0 Å². The largest absolute Gasteiger partial charge is 0.301 e. The van der Waals surface area contributed by atoms with Gasteiger partial charge in [0.2, 0.25) is 15.9 Å². The van der Waals surface area contributed by atoms with Gasteiger partial charge in [0, 0.05) is 10.9 Å². The van der Waals surface area contributed by atoms with Crippen molar-refractivity contribution in [2.24, 2.45) is 0 Å². The van der Waals surface area contributed by atoms with Crippen molar-refractivity contribution < 1.29 is 17.6 Å². The van der Waals surface area contributed by atoms with E-state index >= 15 is 0 Å². The van der Waals surface area contributed by atoms with Gasteiger partial charge in [0.1, 0.15) is 11.9 Å². The first-order chi connectivity index (χ1) is 13.8. The van der Waals surface area contributed by atoms with Gasteiger partial charge in [0.05, 0.1) is 10.6 Å². The van der Waals surface area contributed by atoms with Gasteiger partial charge in [-0.1, -0.05) is 36.8 Å². The number of halogens is 1. The maximum absolute atomic E-state index is 13.0. The van der Waals surface area contributed by atoms with E-state index in [2.05, 4.69) is 15.0 Å². The highest BCUT2D eigenvalue weighted by Gasteiger charge is 2.25. The summed E-state index contributed by atoms with van der Waals surface area (Å²) in [4.78, 5) is 16.9. The molecule has 3 rings (SSSR count). The number of carbonyl (C=O) groups is 1. The highest BCUT2D eigenvalue weighted by Crippen LogP contribution is 2.25. The van der Waals surface area contributed by atoms with Gasteiger partial charge in [-0.15, -0.1) is 11.3 Å².